The second-order valence-electron chi connectivity index (χ2n) is 17.0. The highest BCUT2D eigenvalue weighted by Gasteiger charge is 2.44. The number of nitrogens with zero attached hydrogens (tertiary/aromatic N) is 3. The molecule has 0 N–H and O–H groups in total. The fraction of sp³-hybridized carbons (Fsp3) is 0. The van der Waals surface area contributed by atoms with E-state index in [9.17, 15) is 0 Å². The molecule has 3 nitrogen and oxygen atoms in total. The van der Waals surface area contributed by atoms with Crippen molar-refractivity contribution >= 4 is 136 Å². The molecule has 0 amide bonds. The van der Waals surface area contributed by atoms with Crippen LogP contribution in [0.25, 0.3) is 95.5 Å². The standard InChI is InChI=1S/C59H37N3S2Si/c1-3-18-38(19-4-1)65(39-20-5-2-6-21-39,53-35-15-27-45-43-25-13-33-51(55(43)63-57(45)53)61-48-30-10-7-22-40(48)41-23-8-11-31-49(41)61)54-36-16-28-46-44-26-14-34-52(56(44)64-58(46)54)62-50-32-12-9-24-42(50)47-29-17-37-60-59(47)62/h1-37H. The highest BCUT2D eigenvalue weighted by molar-refractivity contribution is 7.34. The van der Waals surface area contributed by atoms with Gasteiger partial charge in [0.1, 0.15) is 5.65 Å². The fourth-order valence-corrected chi connectivity index (χ4v) is 19.6. The van der Waals surface area contributed by atoms with Gasteiger partial charge in [-0.25, -0.2) is 4.98 Å². The van der Waals surface area contributed by atoms with E-state index in [1.807, 2.05) is 34.9 Å². The maximum atomic E-state index is 5.00. The molecule has 0 atom stereocenters. The summed E-state index contributed by atoms with van der Waals surface area (Å²) in [7, 11) is -3.10. The minimum Gasteiger partial charge on any atom is -0.308 e. The number of thiophene rings is 2. The Hall–Kier alpha value is -7.61. The van der Waals surface area contributed by atoms with Crippen molar-refractivity contribution in [1.29, 1.82) is 0 Å². The summed E-state index contributed by atoms with van der Waals surface area (Å²) in [5.74, 6) is 0. The molecule has 5 aromatic heterocycles. The van der Waals surface area contributed by atoms with Crippen LogP contribution in [-0.2, 0) is 0 Å². The maximum absolute atomic E-state index is 5.00. The predicted molar refractivity (Wildman–Crippen MR) is 282 cm³/mol. The number of hydrogen-bond acceptors (Lipinski definition) is 3. The van der Waals surface area contributed by atoms with Crippen molar-refractivity contribution in [3.63, 3.8) is 0 Å². The summed E-state index contributed by atoms with van der Waals surface area (Å²) in [5, 5.41) is 15.7. The Bertz CT molecular complexity index is 3820. The van der Waals surface area contributed by atoms with E-state index < -0.39 is 8.07 Å². The lowest BCUT2D eigenvalue weighted by Gasteiger charge is -2.35. The van der Waals surface area contributed by atoms with Gasteiger partial charge in [-0.1, -0.05) is 176 Å². The lowest BCUT2D eigenvalue weighted by atomic mass is 10.1. The van der Waals surface area contributed by atoms with Gasteiger partial charge in [0.2, 0.25) is 0 Å². The van der Waals surface area contributed by atoms with Gasteiger partial charge in [0.05, 0.1) is 37.3 Å². The smallest absolute Gasteiger partial charge is 0.182 e. The molecule has 14 rings (SSSR count). The Morgan fingerprint density at radius 3 is 1.22 bits per heavy atom. The monoisotopic (exact) mass is 879 g/mol. The van der Waals surface area contributed by atoms with Gasteiger partial charge in [-0.3, -0.25) is 4.57 Å². The molecule has 0 radical (unpaired) electrons. The van der Waals surface area contributed by atoms with Crippen molar-refractivity contribution in [2.45, 2.75) is 0 Å². The van der Waals surface area contributed by atoms with Gasteiger partial charge in [0.25, 0.3) is 0 Å². The van der Waals surface area contributed by atoms with E-state index in [2.05, 4.69) is 221 Å². The summed E-state index contributed by atoms with van der Waals surface area (Å²) in [6.07, 6.45) is 1.92. The summed E-state index contributed by atoms with van der Waals surface area (Å²) >= 11 is 3.90. The minimum atomic E-state index is -3.10. The largest absolute Gasteiger partial charge is 0.308 e. The average molecular weight is 880 g/mol. The van der Waals surface area contributed by atoms with E-state index in [4.69, 9.17) is 4.98 Å². The Kier molecular flexibility index (Phi) is 8.04. The lowest BCUT2D eigenvalue weighted by Crippen LogP contribution is -2.74. The van der Waals surface area contributed by atoms with Crippen molar-refractivity contribution in [3.05, 3.63) is 225 Å². The number of aromatic nitrogens is 3. The number of rotatable bonds is 6. The van der Waals surface area contributed by atoms with Crippen LogP contribution in [0.1, 0.15) is 0 Å². The van der Waals surface area contributed by atoms with Crippen LogP contribution in [0.2, 0.25) is 0 Å². The molecule has 5 heterocycles. The zero-order valence-corrected chi connectivity index (χ0v) is 37.7. The molecule has 65 heavy (non-hydrogen) atoms. The van der Waals surface area contributed by atoms with Crippen molar-refractivity contribution in [2.75, 3.05) is 0 Å². The van der Waals surface area contributed by atoms with E-state index in [1.165, 1.54) is 105 Å². The van der Waals surface area contributed by atoms with Crippen LogP contribution in [0.4, 0.5) is 0 Å². The summed E-state index contributed by atoms with van der Waals surface area (Å²) in [4.78, 5) is 5.00. The number of para-hydroxylation sites is 3. The first-order chi connectivity index (χ1) is 32.3. The molecule has 0 aliphatic carbocycles. The van der Waals surface area contributed by atoms with Crippen molar-refractivity contribution in [1.82, 2.24) is 14.1 Å². The van der Waals surface area contributed by atoms with Gasteiger partial charge < -0.3 is 4.57 Å². The summed E-state index contributed by atoms with van der Waals surface area (Å²) in [5.41, 5.74) is 6.98. The third-order valence-corrected chi connectivity index (χ3v) is 21.5. The highest BCUT2D eigenvalue weighted by atomic mass is 32.1. The maximum Gasteiger partial charge on any atom is 0.182 e. The quantitative estimate of drug-likeness (QED) is 0.121. The SMILES string of the molecule is c1ccc([Si](c2ccccc2)(c2cccc3c2sc2c(-n4c5ccccc5c5ccccc54)cccc23)c2cccc3c2sc2c(-n4c5ccccc5c5cccnc54)cccc23)cc1. The Balaban J connectivity index is 1.10. The highest BCUT2D eigenvalue weighted by Crippen LogP contribution is 2.43. The number of benzene rings is 9. The van der Waals surface area contributed by atoms with E-state index in [-0.39, 0.29) is 0 Å². The normalized spacial score (nSPS) is 12.3. The molecule has 14 aromatic rings. The number of pyridine rings is 1. The Morgan fingerprint density at radius 1 is 0.308 bits per heavy atom. The second kappa shape index (κ2) is 14.2. The van der Waals surface area contributed by atoms with Crippen LogP contribution < -0.4 is 20.7 Å². The van der Waals surface area contributed by atoms with E-state index in [0.717, 1.165) is 11.3 Å². The number of hydrogen-bond donors (Lipinski definition) is 0. The van der Waals surface area contributed by atoms with Gasteiger partial charge in [-0.2, -0.15) is 0 Å². The topological polar surface area (TPSA) is 22.8 Å². The van der Waals surface area contributed by atoms with E-state index in [1.54, 1.807) is 0 Å². The van der Waals surface area contributed by atoms with Crippen LogP contribution in [0, 0.1) is 0 Å². The summed E-state index contributed by atoms with van der Waals surface area (Å²) < 4.78 is 10.1. The minimum absolute atomic E-state index is 0.980. The molecule has 6 heteroatoms. The van der Waals surface area contributed by atoms with Gasteiger partial charge in [0, 0.05) is 58.7 Å². The molecule has 0 aliphatic heterocycles. The molecule has 9 aromatic carbocycles. The molecule has 0 saturated heterocycles. The Labute approximate surface area is 383 Å². The van der Waals surface area contributed by atoms with E-state index in [0.29, 0.717) is 0 Å². The third kappa shape index (κ3) is 5.13. The lowest BCUT2D eigenvalue weighted by molar-refractivity contribution is 1.15. The van der Waals surface area contributed by atoms with Crippen LogP contribution in [0.3, 0.4) is 0 Å². The first kappa shape index (κ1) is 36.8. The fourth-order valence-electron chi connectivity index (χ4n) is 11.1. The van der Waals surface area contributed by atoms with Crippen LogP contribution in [0.15, 0.2) is 225 Å². The molecule has 0 aliphatic rings. The van der Waals surface area contributed by atoms with Gasteiger partial charge in [-0.15, -0.1) is 22.7 Å². The molecule has 0 spiro atoms. The number of fused-ring (bicyclic) bond motifs is 12. The second-order valence-corrected chi connectivity index (χ2v) is 22.7. The van der Waals surface area contributed by atoms with Gasteiger partial charge in [0.15, 0.2) is 8.07 Å². The zero-order chi connectivity index (χ0) is 42.6. The first-order valence-corrected chi connectivity index (χ1v) is 25.8. The first-order valence-electron chi connectivity index (χ1n) is 22.1. The molecule has 0 unspecified atom stereocenters. The van der Waals surface area contributed by atoms with Crippen LogP contribution in [-0.4, -0.2) is 22.2 Å². The molecule has 0 fully saturated rings. The third-order valence-electron chi connectivity index (χ3n) is 13.7. The van der Waals surface area contributed by atoms with Crippen molar-refractivity contribution in [3.8, 4) is 11.4 Å². The molecular weight excluding hydrogens is 843 g/mol. The van der Waals surface area contributed by atoms with Crippen molar-refractivity contribution in [2.24, 2.45) is 0 Å². The van der Waals surface area contributed by atoms with Gasteiger partial charge >= 0.3 is 0 Å². The van der Waals surface area contributed by atoms with Crippen molar-refractivity contribution < 1.29 is 0 Å². The molecule has 0 saturated carbocycles. The molecular formula is C59H37N3S2Si. The predicted octanol–water partition coefficient (Wildman–Crippen LogP) is 13.4. The molecule has 0 bridgehead atoms. The van der Waals surface area contributed by atoms with E-state index >= 15 is 0 Å². The summed E-state index contributed by atoms with van der Waals surface area (Å²) in [6, 6.07) is 81.5. The average Bonchev–Trinajstić information content (AvgIpc) is 4.14. The van der Waals surface area contributed by atoms with Crippen LogP contribution >= 0.6 is 22.7 Å². The Morgan fingerprint density at radius 2 is 0.692 bits per heavy atom. The molecule has 304 valence electrons. The zero-order valence-electron chi connectivity index (χ0n) is 35.0. The van der Waals surface area contributed by atoms with Gasteiger partial charge in [-0.05, 0) is 63.2 Å². The summed E-state index contributed by atoms with van der Waals surface area (Å²) in [6.45, 7) is 0. The van der Waals surface area contributed by atoms with Crippen LogP contribution in [0.5, 0.6) is 0 Å².